The lowest BCUT2D eigenvalue weighted by atomic mass is 9.92. The van der Waals surface area contributed by atoms with Gasteiger partial charge in [-0.2, -0.15) is 13.2 Å². The van der Waals surface area contributed by atoms with Crippen molar-refractivity contribution in [2.75, 3.05) is 7.11 Å². The van der Waals surface area contributed by atoms with E-state index in [-0.39, 0.29) is 18.1 Å². The van der Waals surface area contributed by atoms with Crippen LogP contribution in [0.5, 0.6) is 5.75 Å². The Hall–Kier alpha value is -2.31. The van der Waals surface area contributed by atoms with E-state index in [0.717, 1.165) is 32.8 Å². The van der Waals surface area contributed by atoms with Crippen molar-refractivity contribution in [3.05, 3.63) is 35.4 Å². The highest BCUT2D eigenvalue weighted by Crippen LogP contribution is 2.35. The van der Waals surface area contributed by atoms with Crippen molar-refractivity contribution in [1.29, 1.82) is 0 Å². The third-order valence-corrected chi connectivity index (χ3v) is 4.96. The van der Waals surface area contributed by atoms with E-state index in [0.29, 0.717) is 18.6 Å². The molecule has 160 valence electrons. The summed E-state index contributed by atoms with van der Waals surface area (Å²) in [7, 11) is 0.864. The molecule has 0 radical (unpaired) electrons. The first-order valence-electron chi connectivity index (χ1n) is 9.98. The Morgan fingerprint density at radius 2 is 1.69 bits per heavy atom. The number of halogens is 3. The predicted molar refractivity (Wildman–Crippen MR) is 103 cm³/mol. The number of carbonyl (C=O) groups excluding carboxylic acids is 2. The summed E-state index contributed by atoms with van der Waals surface area (Å²) in [6.45, 7) is 1.83. The van der Waals surface area contributed by atoms with Gasteiger partial charge >= 0.3 is 12.1 Å². The van der Waals surface area contributed by atoms with Gasteiger partial charge in [0.25, 0.3) is 0 Å². The third kappa shape index (κ3) is 6.34. The van der Waals surface area contributed by atoms with E-state index in [4.69, 9.17) is 4.74 Å². The van der Waals surface area contributed by atoms with Crippen molar-refractivity contribution >= 4 is 17.3 Å². The number of ketones is 1. The Morgan fingerprint density at radius 3 is 2.21 bits per heavy atom. The molecular formula is C22H27F3O4. The highest BCUT2D eigenvalue weighted by Gasteiger charge is 2.44. The number of unbranched alkanes of at least 4 members (excludes halogenated alkanes) is 1. The van der Waals surface area contributed by atoms with Crippen molar-refractivity contribution in [1.82, 2.24) is 0 Å². The van der Waals surface area contributed by atoms with Gasteiger partial charge in [0, 0.05) is 12.0 Å². The Bertz CT molecular complexity index is 729. The lowest BCUT2D eigenvalue weighted by Gasteiger charge is -2.23. The van der Waals surface area contributed by atoms with E-state index < -0.39 is 29.1 Å². The van der Waals surface area contributed by atoms with Crippen molar-refractivity contribution in [3.8, 4) is 5.75 Å². The minimum Gasteiger partial charge on any atom is -0.490 e. The molecule has 0 atom stereocenters. The van der Waals surface area contributed by atoms with Crippen molar-refractivity contribution < 1.29 is 32.2 Å². The summed E-state index contributed by atoms with van der Waals surface area (Å²) in [4.78, 5) is 24.5. The van der Waals surface area contributed by atoms with Crippen LogP contribution >= 0.6 is 0 Å². The second-order valence-electron chi connectivity index (χ2n) is 7.17. The Balaban J connectivity index is 2.41. The zero-order valence-electron chi connectivity index (χ0n) is 16.8. The van der Waals surface area contributed by atoms with Crippen LogP contribution in [0, 0.1) is 0 Å². The third-order valence-electron chi connectivity index (χ3n) is 4.96. The minimum atomic E-state index is -5.01. The lowest BCUT2D eigenvalue weighted by Crippen LogP contribution is -2.25. The van der Waals surface area contributed by atoms with Gasteiger partial charge in [-0.05, 0) is 49.8 Å². The molecule has 1 aromatic carbocycles. The number of hydrogen-bond acceptors (Lipinski definition) is 4. The topological polar surface area (TPSA) is 52.6 Å². The summed E-state index contributed by atoms with van der Waals surface area (Å²) in [5.41, 5.74) is -2.19. The van der Waals surface area contributed by atoms with Crippen LogP contribution in [0.25, 0.3) is 5.57 Å². The van der Waals surface area contributed by atoms with E-state index in [1.807, 2.05) is 6.92 Å². The predicted octanol–water partition coefficient (Wildman–Crippen LogP) is 5.65. The second kappa shape index (κ2) is 10.5. The van der Waals surface area contributed by atoms with E-state index in [1.165, 1.54) is 18.6 Å². The molecule has 1 fully saturated rings. The van der Waals surface area contributed by atoms with Gasteiger partial charge in [0.05, 0.1) is 13.2 Å². The van der Waals surface area contributed by atoms with Gasteiger partial charge < -0.3 is 9.47 Å². The molecule has 1 saturated carbocycles. The lowest BCUT2D eigenvalue weighted by molar-refractivity contribution is -0.148. The summed E-state index contributed by atoms with van der Waals surface area (Å²) in [6, 6.07) is 5.88. The summed E-state index contributed by atoms with van der Waals surface area (Å²) < 4.78 is 51.1. The number of Topliss-reactive ketones (excluding diaryl/α,β-unsaturated/α-hetero) is 1. The van der Waals surface area contributed by atoms with Crippen LogP contribution in [-0.4, -0.2) is 31.1 Å². The van der Waals surface area contributed by atoms with Crippen LogP contribution < -0.4 is 4.74 Å². The number of ether oxygens (including phenoxy) is 2. The number of methoxy groups -OCH3 is 1. The van der Waals surface area contributed by atoms with Gasteiger partial charge in [0.15, 0.2) is 11.4 Å². The molecule has 0 heterocycles. The molecule has 0 unspecified atom stereocenters. The van der Waals surface area contributed by atoms with E-state index in [9.17, 15) is 22.8 Å². The first-order valence-corrected chi connectivity index (χ1v) is 9.98. The van der Waals surface area contributed by atoms with Gasteiger partial charge in [-0.15, -0.1) is 0 Å². The van der Waals surface area contributed by atoms with Crippen molar-refractivity contribution in [2.45, 2.75) is 70.6 Å². The summed E-state index contributed by atoms with van der Waals surface area (Å²) in [5.74, 6) is -1.77. The number of benzene rings is 1. The Kier molecular flexibility index (Phi) is 8.29. The highest BCUT2D eigenvalue weighted by atomic mass is 19.4. The smallest absolute Gasteiger partial charge is 0.424 e. The molecule has 0 bridgehead atoms. The molecule has 1 aromatic rings. The molecule has 0 N–H and O–H groups in total. The fraction of sp³-hybridized carbons (Fsp3) is 0.545. The molecule has 0 spiro atoms. The summed E-state index contributed by atoms with van der Waals surface area (Å²) >= 11 is 0. The average Bonchev–Trinajstić information content (AvgIpc) is 2.70. The van der Waals surface area contributed by atoms with Gasteiger partial charge in [0.1, 0.15) is 5.75 Å². The average molecular weight is 412 g/mol. The Labute approximate surface area is 169 Å². The maximum absolute atomic E-state index is 13.6. The van der Waals surface area contributed by atoms with Crippen molar-refractivity contribution in [3.63, 3.8) is 0 Å². The zero-order chi connectivity index (χ0) is 21.4. The first-order chi connectivity index (χ1) is 13.8. The van der Waals surface area contributed by atoms with Crippen LogP contribution in [0.2, 0.25) is 0 Å². The number of alkyl halides is 3. The first kappa shape index (κ1) is 23.0. The standard InChI is InChI=1S/C22H27F3O4/c1-3-4-10-18(26)19(20(21(27)28-2)22(23,24)25)15-11-13-17(14-12-15)29-16-8-6-5-7-9-16/h11-14,16H,3-10H2,1-2H3/b20-19-. The van der Waals surface area contributed by atoms with Gasteiger partial charge in [-0.1, -0.05) is 31.9 Å². The van der Waals surface area contributed by atoms with Crippen LogP contribution in [0.15, 0.2) is 29.8 Å². The fourth-order valence-electron chi connectivity index (χ4n) is 3.44. The molecule has 1 aliphatic rings. The number of carbonyl (C=O) groups is 2. The summed E-state index contributed by atoms with van der Waals surface area (Å²) in [5, 5.41) is 0. The Morgan fingerprint density at radius 1 is 1.07 bits per heavy atom. The van der Waals surface area contributed by atoms with E-state index in [1.54, 1.807) is 12.1 Å². The molecule has 0 amide bonds. The molecule has 2 rings (SSSR count). The highest BCUT2D eigenvalue weighted by molar-refractivity contribution is 6.26. The fourth-order valence-corrected chi connectivity index (χ4v) is 3.44. The normalized spacial score (nSPS) is 16.2. The molecule has 7 heteroatoms. The summed E-state index contributed by atoms with van der Waals surface area (Å²) in [6.07, 6.45) is 1.34. The zero-order valence-corrected chi connectivity index (χ0v) is 16.8. The monoisotopic (exact) mass is 412 g/mol. The maximum Gasteiger partial charge on any atom is 0.424 e. The van der Waals surface area contributed by atoms with Gasteiger partial charge in [0.2, 0.25) is 0 Å². The quantitative estimate of drug-likeness (QED) is 0.409. The van der Waals surface area contributed by atoms with Crippen LogP contribution in [0.3, 0.4) is 0 Å². The van der Waals surface area contributed by atoms with Crippen LogP contribution in [0.4, 0.5) is 13.2 Å². The van der Waals surface area contributed by atoms with E-state index >= 15 is 0 Å². The molecular weight excluding hydrogens is 385 g/mol. The van der Waals surface area contributed by atoms with Gasteiger partial charge in [-0.3, -0.25) is 4.79 Å². The number of hydrogen-bond donors (Lipinski definition) is 0. The van der Waals surface area contributed by atoms with Crippen LogP contribution in [0.1, 0.15) is 63.9 Å². The SMILES string of the molecule is CCCCC(=O)/C(=C(/C(=O)OC)C(F)(F)F)c1ccc(OC2CCCCC2)cc1. The molecule has 0 aromatic heterocycles. The van der Waals surface area contributed by atoms with Crippen molar-refractivity contribution in [2.24, 2.45) is 0 Å². The molecule has 1 aliphatic carbocycles. The number of rotatable bonds is 8. The molecule has 29 heavy (non-hydrogen) atoms. The minimum absolute atomic E-state index is 0.0276. The second-order valence-corrected chi connectivity index (χ2v) is 7.17. The molecule has 0 aliphatic heterocycles. The van der Waals surface area contributed by atoms with Crippen LogP contribution in [-0.2, 0) is 14.3 Å². The molecule has 4 nitrogen and oxygen atoms in total. The largest absolute Gasteiger partial charge is 0.490 e. The van der Waals surface area contributed by atoms with E-state index in [2.05, 4.69) is 4.74 Å². The number of esters is 1. The maximum atomic E-state index is 13.6. The number of allylic oxidation sites excluding steroid dienone is 1. The molecule has 0 saturated heterocycles. The van der Waals surface area contributed by atoms with Gasteiger partial charge in [-0.25, -0.2) is 4.79 Å².